The SMILES string of the molecule is CCOc1ccccc1Nc1cc2c(cc1CC(=O)CCl)OCO2. The largest absolute Gasteiger partial charge is 0.492 e. The van der Waals surface area contributed by atoms with Crippen LogP contribution in [0.2, 0.25) is 0 Å². The second kappa shape index (κ2) is 7.45. The lowest BCUT2D eigenvalue weighted by molar-refractivity contribution is -0.116. The Morgan fingerprint density at radius 3 is 2.71 bits per heavy atom. The minimum atomic E-state index is -0.0586. The molecule has 0 radical (unpaired) electrons. The lowest BCUT2D eigenvalue weighted by Gasteiger charge is -2.15. The lowest BCUT2D eigenvalue weighted by Crippen LogP contribution is -2.07. The second-order valence-corrected chi connectivity index (χ2v) is 5.53. The third kappa shape index (κ3) is 3.57. The van der Waals surface area contributed by atoms with Gasteiger partial charge in [-0.1, -0.05) is 12.1 Å². The first kappa shape index (κ1) is 16.5. The molecule has 0 aromatic heterocycles. The molecule has 6 heteroatoms. The summed E-state index contributed by atoms with van der Waals surface area (Å²) < 4.78 is 16.5. The van der Waals surface area contributed by atoms with Crippen LogP contribution in [0, 0.1) is 0 Å². The van der Waals surface area contributed by atoms with E-state index >= 15 is 0 Å². The van der Waals surface area contributed by atoms with Crippen LogP contribution in [-0.2, 0) is 11.2 Å². The average Bonchev–Trinajstić information content (AvgIpc) is 3.04. The van der Waals surface area contributed by atoms with Gasteiger partial charge >= 0.3 is 0 Å². The summed E-state index contributed by atoms with van der Waals surface area (Å²) in [5.41, 5.74) is 2.39. The van der Waals surface area contributed by atoms with Gasteiger partial charge in [0.15, 0.2) is 17.3 Å². The fourth-order valence-electron chi connectivity index (χ4n) is 2.50. The molecule has 0 unspecified atom stereocenters. The highest BCUT2D eigenvalue weighted by molar-refractivity contribution is 6.27. The lowest BCUT2D eigenvalue weighted by atomic mass is 10.1. The van der Waals surface area contributed by atoms with E-state index < -0.39 is 0 Å². The molecule has 3 rings (SSSR count). The number of anilines is 2. The monoisotopic (exact) mass is 347 g/mol. The van der Waals surface area contributed by atoms with Crippen molar-refractivity contribution in [2.45, 2.75) is 13.3 Å². The highest BCUT2D eigenvalue weighted by Gasteiger charge is 2.19. The van der Waals surface area contributed by atoms with E-state index in [0.717, 1.165) is 22.7 Å². The molecule has 5 nitrogen and oxygen atoms in total. The van der Waals surface area contributed by atoms with E-state index in [4.69, 9.17) is 25.8 Å². The van der Waals surface area contributed by atoms with Crippen molar-refractivity contribution in [3.05, 3.63) is 42.0 Å². The van der Waals surface area contributed by atoms with Crippen molar-refractivity contribution in [1.82, 2.24) is 0 Å². The second-order valence-electron chi connectivity index (χ2n) is 5.27. The Bertz CT molecular complexity index is 748. The first-order valence-electron chi connectivity index (χ1n) is 7.70. The summed E-state index contributed by atoms with van der Waals surface area (Å²) in [4.78, 5) is 11.8. The summed E-state index contributed by atoms with van der Waals surface area (Å²) in [6, 6.07) is 11.3. The number of carbonyl (C=O) groups excluding carboxylic acids is 1. The molecule has 0 fully saturated rings. The zero-order valence-electron chi connectivity index (χ0n) is 13.3. The van der Waals surface area contributed by atoms with Crippen LogP contribution in [0.25, 0.3) is 0 Å². The van der Waals surface area contributed by atoms with Crippen LogP contribution in [0.5, 0.6) is 17.2 Å². The molecule has 0 saturated heterocycles. The molecule has 1 N–H and O–H groups in total. The Balaban J connectivity index is 1.95. The van der Waals surface area contributed by atoms with Gasteiger partial charge in [0.05, 0.1) is 18.2 Å². The molecule has 0 bridgehead atoms. The van der Waals surface area contributed by atoms with Crippen LogP contribution < -0.4 is 19.5 Å². The van der Waals surface area contributed by atoms with Gasteiger partial charge in [-0.15, -0.1) is 11.6 Å². The zero-order chi connectivity index (χ0) is 16.9. The number of hydrogen-bond acceptors (Lipinski definition) is 5. The normalized spacial score (nSPS) is 12.1. The molecule has 1 heterocycles. The van der Waals surface area contributed by atoms with Gasteiger partial charge in [0.2, 0.25) is 6.79 Å². The number of nitrogens with one attached hydrogen (secondary N) is 1. The first-order valence-corrected chi connectivity index (χ1v) is 8.23. The highest BCUT2D eigenvalue weighted by Crippen LogP contribution is 2.39. The quantitative estimate of drug-likeness (QED) is 0.770. The fraction of sp³-hybridized carbons (Fsp3) is 0.278. The van der Waals surface area contributed by atoms with E-state index in [0.29, 0.717) is 18.1 Å². The molecule has 0 amide bonds. The van der Waals surface area contributed by atoms with Crippen LogP contribution in [0.3, 0.4) is 0 Å². The summed E-state index contributed by atoms with van der Waals surface area (Å²) in [6.07, 6.45) is 0.222. The van der Waals surface area contributed by atoms with E-state index in [1.165, 1.54) is 0 Å². The van der Waals surface area contributed by atoms with Crippen molar-refractivity contribution in [2.24, 2.45) is 0 Å². The predicted molar refractivity (Wildman–Crippen MR) is 92.9 cm³/mol. The van der Waals surface area contributed by atoms with Crippen molar-refractivity contribution in [3.63, 3.8) is 0 Å². The van der Waals surface area contributed by atoms with E-state index in [2.05, 4.69) is 5.32 Å². The average molecular weight is 348 g/mol. The molecule has 2 aromatic carbocycles. The smallest absolute Gasteiger partial charge is 0.231 e. The van der Waals surface area contributed by atoms with Gasteiger partial charge in [-0.25, -0.2) is 0 Å². The molecule has 126 valence electrons. The molecule has 1 aliphatic heterocycles. The molecular formula is C18H18ClNO4. The summed E-state index contributed by atoms with van der Waals surface area (Å²) in [5.74, 6) is 1.94. The number of ketones is 1. The van der Waals surface area contributed by atoms with Crippen LogP contribution in [0.4, 0.5) is 11.4 Å². The Labute approximate surface area is 145 Å². The van der Waals surface area contributed by atoms with E-state index in [1.807, 2.05) is 43.3 Å². The van der Waals surface area contributed by atoms with E-state index in [1.54, 1.807) is 0 Å². The Hall–Kier alpha value is -2.40. The van der Waals surface area contributed by atoms with Gasteiger partial charge in [-0.2, -0.15) is 0 Å². The molecule has 24 heavy (non-hydrogen) atoms. The topological polar surface area (TPSA) is 56.8 Å². The highest BCUT2D eigenvalue weighted by atomic mass is 35.5. The van der Waals surface area contributed by atoms with Crippen molar-refractivity contribution in [1.29, 1.82) is 0 Å². The number of ether oxygens (including phenoxy) is 3. The Morgan fingerprint density at radius 1 is 1.21 bits per heavy atom. The van der Waals surface area contributed by atoms with Crippen molar-refractivity contribution in [2.75, 3.05) is 24.6 Å². The number of para-hydroxylation sites is 2. The van der Waals surface area contributed by atoms with Gasteiger partial charge < -0.3 is 19.5 Å². The molecule has 0 aliphatic carbocycles. The summed E-state index contributed by atoms with van der Waals surface area (Å²) in [5, 5.41) is 3.33. The fourth-order valence-corrected chi connectivity index (χ4v) is 2.60. The van der Waals surface area contributed by atoms with Gasteiger partial charge in [-0.3, -0.25) is 4.79 Å². The molecular weight excluding hydrogens is 330 g/mol. The van der Waals surface area contributed by atoms with Crippen LogP contribution in [0.1, 0.15) is 12.5 Å². The standard InChI is InChI=1S/C18H18ClNO4/c1-2-22-16-6-4-3-5-14(16)20-15-9-18-17(23-11-24-18)8-12(15)7-13(21)10-19/h3-6,8-9,20H,2,7,10-11H2,1H3. The van der Waals surface area contributed by atoms with Crippen molar-refractivity contribution >= 4 is 28.8 Å². The van der Waals surface area contributed by atoms with Crippen LogP contribution >= 0.6 is 11.6 Å². The minimum Gasteiger partial charge on any atom is -0.492 e. The number of alkyl halides is 1. The third-order valence-electron chi connectivity index (χ3n) is 3.59. The number of rotatable bonds is 7. The first-order chi connectivity index (χ1) is 11.7. The van der Waals surface area contributed by atoms with Gasteiger partial charge in [-0.05, 0) is 30.7 Å². The van der Waals surface area contributed by atoms with Gasteiger partial charge in [0.1, 0.15) is 5.75 Å². The van der Waals surface area contributed by atoms with Gasteiger partial charge in [0.25, 0.3) is 0 Å². The molecule has 2 aromatic rings. The van der Waals surface area contributed by atoms with Crippen LogP contribution in [-0.4, -0.2) is 25.1 Å². The van der Waals surface area contributed by atoms with E-state index in [-0.39, 0.29) is 24.9 Å². The van der Waals surface area contributed by atoms with Crippen LogP contribution in [0.15, 0.2) is 36.4 Å². The molecule has 0 saturated carbocycles. The summed E-state index contributed by atoms with van der Waals surface area (Å²) in [7, 11) is 0. The molecule has 0 spiro atoms. The number of fused-ring (bicyclic) bond motifs is 1. The van der Waals surface area contributed by atoms with E-state index in [9.17, 15) is 4.79 Å². The van der Waals surface area contributed by atoms with Crippen molar-refractivity contribution < 1.29 is 19.0 Å². The predicted octanol–water partition coefficient (Wildman–Crippen LogP) is 3.91. The maximum Gasteiger partial charge on any atom is 0.231 e. The number of carbonyl (C=O) groups is 1. The number of halogens is 1. The molecule has 0 atom stereocenters. The Morgan fingerprint density at radius 2 is 1.96 bits per heavy atom. The maximum atomic E-state index is 11.8. The van der Waals surface area contributed by atoms with Crippen molar-refractivity contribution in [3.8, 4) is 17.2 Å². The van der Waals surface area contributed by atoms with Gasteiger partial charge in [0, 0.05) is 18.2 Å². The maximum absolute atomic E-state index is 11.8. The number of hydrogen-bond donors (Lipinski definition) is 1. The minimum absolute atomic E-state index is 0.0244. The summed E-state index contributed by atoms with van der Waals surface area (Å²) in [6.45, 7) is 2.68. The number of benzene rings is 2. The summed E-state index contributed by atoms with van der Waals surface area (Å²) >= 11 is 5.65. The molecule has 1 aliphatic rings. The third-order valence-corrected chi connectivity index (χ3v) is 3.89. The zero-order valence-corrected chi connectivity index (χ0v) is 14.1. The number of Topliss-reactive ketones (excluding diaryl/α,β-unsaturated/α-hetero) is 1. The Kier molecular flexibility index (Phi) is 5.11.